The molecule has 2 N–H and O–H groups in total. The number of amides is 1. The first kappa shape index (κ1) is 19.0. The van der Waals surface area contributed by atoms with Crippen molar-refractivity contribution in [3.05, 3.63) is 76.2 Å². The molecule has 164 valence electrons. The molecule has 0 saturated heterocycles. The Labute approximate surface area is 185 Å². The van der Waals surface area contributed by atoms with E-state index in [4.69, 9.17) is 13.4 Å². The minimum Gasteiger partial charge on any atom is -0.463 e. The van der Waals surface area contributed by atoms with Crippen LogP contribution in [0.3, 0.4) is 0 Å². The van der Waals surface area contributed by atoms with E-state index >= 15 is 0 Å². The van der Waals surface area contributed by atoms with Crippen LogP contribution < -0.4 is 10.9 Å². The Kier molecular flexibility index (Phi) is 4.32. The summed E-state index contributed by atoms with van der Waals surface area (Å²) >= 11 is 0. The number of furan rings is 2. The Morgan fingerprint density at radius 3 is 2.67 bits per heavy atom. The van der Waals surface area contributed by atoms with Crippen molar-refractivity contribution in [2.24, 2.45) is 0 Å². The summed E-state index contributed by atoms with van der Waals surface area (Å²) in [5.74, 6) is 1.20. The fourth-order valence-corrected chi connectivity index (χ4v) is 3.80. The van der Waals surface area contributed by atoms with Crippen LogP contribution in [0.15, 0.2) is 67.1 Å². The van der Waals surface area contributed by atoms with Gasteiger partial charge < -0.3 is 18.7 Å². The molecule has 1 aliphatic carbocycles. The zero-order chi connectivity index (χ0) is 22.4. The highest BCUT2D eigenvalue weighted by Crippen LogP contribution is 2.26. The summed E-state index contributed by atoms with van der Waals surface area (Å²) in [7, 11) is 0. The number of aryl methyl sites for hydroxylation is 1. The highest BCUT2D eigenvalue weighted by Gasteiger charge is 2.23. The molecule has 0 spiro atoms. The minimum absolute atomic E-state index is 0.0455. The van der Waals surface area contributed by atoms with E-state index in [1.54, 1.807) is 30.3 Å². The van der Waals surface area contributed by atoms with E-state index in [9.17, 15) is 9.59 Å². The standard InChI is InChI=1S/C22H16N6O5/c29-20-12-4-1-5-13(12)23-22(25-20)28-19(11-14(26-28)16-6-2-8-31-16)24-21(30)15-10-18(33-27-15)17-7-3-9-32-17/h2-3,6-11H,1,4-5H2,(H,24,30)(H,23,25,29). The normalized spacial score (nSPS) is 12.7. The number of hydrogen-bond donors (Lipinski definition) is 2. The van der Waals surface area contributed by atoms with Crippen molar-refractivity contribution in [1.82, 2.24) is 24.9 Å². The van der Waals surface area contributed by atoms with E-state index in [1.165, 1.54) is 23.3 Å². The number of aromatic nitrogens is 5. The maximum absolute atomic E-state index is 12.9. The third-order valence-electron chi connectivity index (χ3n) is 5.36. The van der Waals surface area contributed by atoms with Gasteiger partial charge in [-0.3, -0.25) is 14.6 Å². The monoisotopic (exact) mass is 444 g/mol. The van der Waals surface area contributed by atoms with Crippen LogP contribution in [-0.2, 0) is 12.8 Å². The van der Waals surface area contributed by atoms with Crippen molar-refractivity contribution in [3.63, 3.8) is 0 Å². The average Bonchev–Trinajstić information content (AvgIpc) is 3.62. The van der Waals surface area contributed by atoms with Gasteiger partial charge in [0, 0.05) is 17.7 Å². The molecule has 0 saturated carbocycles. The van der Waals surface area contributed by atoms with Crippen LogP contribution in [0, 0.1) is 0 Å². The molecular formula is C22H16N6O5. The number of rotatable bonds is 5. The van der Waals surface area contributed by atoms with E-state index < -0.39 is 5.91 Å². The number of H-pyrrole nitrogens is 1. The van der Waals surface area contributed by atoms with Gasteiger partial charge >= 0.3 is 0 Å². The van der Waals surface area contributed by atoms with E-state index in [2.05, 4.69) is 25.5 Å². The molecule has 0 aromatic carbocycles. The molecule has 0 radical (unpaired) electrons. The van der Waals surface area contributed by atoms with Crippen molar-refractivity contribution in [2.45, 2.75) is 19.3 Å². The zero-order valence-corrected chi connectivity index (χ0v) is 17.1. The molecule has 0 bridgehead atoms. The summed E-state index contributed by atoms with van der Waals surface area (Å²) in [6.45, 7) is 0. The summed E-state index contributed by atoms with van der Waals surface area (Å²) in [6, 6.07) is 9.97. The molecule has 6 rings (SSSR count). The third-order valence-corrected chi connectivity index (χ3v) is 5.36. The topological polar surface area (TPSA) is 145 Å². The van der Waals surface area contributed by atoms with Crippen molar-refractivity contribution in [2.75, 3.05) is 5.32 Å². The lowest BCUT2D eigenvalue weighted by Gasteiger charge is -2.08. The summed E-state index contributed by atoms with van der Waals surface area (Å²) in [5, 5.41) is 11.1. The fourth-order valence-electron chi connectivity index (χ4n) is 3.80. The second-order valence-corrected chi connectivity index (χ2v) is 7.48. The lowest BCUT2D eigenvalue weighted by molar-refractivity contribution is 0.101. The van der Waals surface area contributed by atoms with Crippen molar-refractivity contribution in [3.8, 4) is 28.9 Å². The Balaban J connectivity index is 1.38. The van der Waals surface area contributed by atoms with Gasteiger partial charge in [0.1, 0.15) is 11.5 Å². The smallest absolute Gasteiger partial charge is 0.279 e. The van der Waals surface area contributed by atoms with Gasteiger partial charge in [0.25, 0.3) is 11.5 Å². The van der Waals surface area contributed by atoms with E-state index in [-0.39, 0.29) is 23.0 Å². The first-order chi connectivity index (χ1) is 16.2. The van der Waals surface area contributed by atoms with Crippen LogP contribution in [-0.4, -0.2) is 30.8 Å². The van der Waals surface area contributed by atoms with Crippen molar-refractivity contribution < 1.29 is 18.2 Å². The second kappa shape index (κ2) is 7.48. The van der Waals surface area contributed by atoms with E-state index in [0.717, 1.165) is 18.5 Å². The predicted molar refractivity (Wildman–Crippen MR) is 114 cm³/mol. The van der Waals surface area contributed by atoms with Gasteiger partial charge in [-0.05, 0) is 43.5 Å². The van der Waals surface area contributed by atoms with E-state index in [1.807, 2.05) is 0 Å². The Bertz CT molecular complexity index is 1510. The summed E-state index contributed by atoms with van der Waals surface area (Å²) in [6.07, 6.45) is 5.31. The number of aromatic amines is 1. The second-order valence-electron chi connectivity index (χ2n) is 7.48. The molecule has 5 aromatic rings. The maximum Gasteiger partial charge on any atom is 0.279 e. The quantitative estimate of drug-likeness (QED) is 0.420. The molecule has 33 heavy (non-hydrogen) atoms. The number of fused-ring (bicyclic) bond motifs is 1. The zero-order valence-electron chi connectivity index (χ0n) is 17.1. The van der Waals surface area contributed by atoms with Crippen molar-refractivity contribution in [1.29, 1.82) is 0 Å². The SMILES string of the molecule is O=C(Nc1cc(-c2ccco2)nn1-c1nc2c(c(=O)[nH]1)CCC2)c1cc(-c2ccco2)on1. The number of nitrogens with one attached hydrogen (secondary N) is 2. The fraction of sp³-hybridized carbons (Fsp3) is 0.136. The summed E-state index contributed by atoms with van der Waals surface area (Å²) < 4.78 is 17.3. The average molecular weight is 444 g/mol. The molecule has 1 aliphatic rings. The van der Waals surface area contributed by atoms with E-state index in [0.29, 0.717) is 35.0 Å². The summed E-state index contributed by atoms with van der Waals surface area (Å²) in [5.41, 5.74) is 1.72. The van der Waals surface area contributed by atoms with Gasteiger partial charge in [0.2, 0.25) is 11.7 Å². The largest absolute Gasteiger partial charge is 0.463 e. The molecular weight excluding hydrogens is 428 g/mol. The predicted octanol–water partition coefficient (Wildman–Crippen LogP) is 3.20. The summed E-state index contributed by atoms with van der Waals surface area (Å²) in [4.78, 5) is 32.8. The number of carbonyl (C=O) groups is 1. The van der Waals surface area contributed by atoms with Gasteiger partial charge in [0.15, 0.2) is 17.2 Å². The number of carbonyl (C=O) groups excluding carboxylic acids is 1. The van der Waals surface area contributed by atoms with Crippen molar-refractivity contribution >= 4 is 11.7 Å². The van der Waals surface area contributed by atoms with Crippen LogP contribution >= 0.6 is 0 Å². The van der Waals surface area contributed by atoms with Gasteiger partial charge in [-0.2, -0.15) is 9.78 Å². The number of anilines is 1. The number of hydrogen-bond acceptors (Lipinski definition) is 8. The lowest BCUT2D eigenvalue weighted by atomic mass is 10.3. The highest BCUT2D eigenvalue weighted by atomic mass is 16.5. The molecule has 11 heteroatoms. The molecule has 0 fully saturated rings. The van der Waals surface area contributed by atoms with Gasteiger partial charge in [-0.15, -0.1) is 0 Å². The molecule has 0 atom stereocenters. The van der Waals surface area contributed by atoms with Gasteiger partial charge in [0.05, 0.1) is 18.2 Å². The molecule has 5 heterocycles. The Morgan fingerprint density at radius 1 is 1.06 bits per heavy atom. The van der Waals surface area contributed by atoms with Crippen LogP contribution in [0.4, 0.5) is 5.82 Å². The molecule has 0 unspecified atom stereocenters. The molecule has 5 aromatic heterocycles. The molecule has 11 nitrogen and oxygen atoms in total. The maximum atomic E-state index is 12.9. The minimum atomic E-state index is -0.535. The third kappa shape index (κ3) is 3.35. The van der Waals surface area contributed by atoms with Crippen LogP contribution in [0.1, 0.15) is 28.2 Å². The Morgan fingerprint density at radius 2 is 1.88 bits per heavy atom. The molecule has 0 aliphatic heterocycles. The van der Waals surface area contributed by atoms with Crippen LogP contribution in [0.25, 0.3) is 28.9 Å². The first-order valence-electron chi connectivity index (χ1n) is 10.2. The molecule has 1 amide bonds. The first-order valence-corrected chi connectivity index (χ1v) is 10.2. The van der Waals surface area contributed by atoms with Crippen LogP contribution in [0.2, 0.25) is 0 Å². The lowest BCUT2D eigenvalue weighted by Crippen LogP contribution is -2.21. The highest BCUT2D eigenvalue weighted by molar-refractivity contribution is 6.03. The Hall–Kier alpha value is -4.67. The van der Waals surface area contributed by atoms with Gasteiger partial charge in [-0.25, -0.2) is 4.98 Å². The van der Waals surface area contributed by atoms with Gasteiger partial charge in [-0.1, -0.05) is 5.16 Å². The van der Waals surface area contributed by atoms with Crippen LogP contribution in [0.5, 0.6) is 0 Å². The number of nitrogens with zero attached hydrogens (tertiary/aromatic N) is 4.